The van der Waals surface area contributed by atoms with Gasteiger partial charge in [-0.15, -0.1) is 0 Å². The van der Waals surface area contributed by atoms with Gasteiger partial charge in [-0.05, 0) is 25.7 Å². The lowest BCUT2D eigenvalue weighted by Gasteiger charge is -2.28. The Balaban J connectivity index is 1.69. The van der Waals surface area contributed by atoms with Crippen LogP contribution in [0, 0.1) is 0 Å². The molecular weight excluding hydrogens is 230 g/mol. The molecule has 18 heavy (non-hydrogen) atoms. The van der Waals surface area contributed by atoms with Gasteiger partial charge in [0.2, 0.25) is 5.91 Å². The molecule has 0 saturated carbocycles. The van der Waals surface area contributed by atoms with E-state index < -0.39 is 0 Å². The van der Waals surface area contributed by atoms with Crippen molar-refractivity contribution in [2.75, 3.05) is 45.9 Å². The molecule has 104 valence electrons. The van der Waals surface area contributed by atoms with Crippen molar-refractivity contribution in [1.82, 2.24) is 9.80 Å². The maximum atomic E-state index is 12.0. The molecule has 2 fully saturated rings. The fourth-order valence-electron chi connectivity index (χ4n) is 2.67. The lowest BCUT2D eigenvalue weighted by atomic mass is 10.1. The highest BCUT2D eigenvalue weighted by Gasteiger charge is 2.23. The van der Waals surface area contributed by atoms with Gasteiger partial charge in [-0.1, -0.05) is 0 Å². The van der Waals surface area contributed by atoms with Crippen molar-refractivity contribution in [3.63, 3.8) is 0 Å². The fourth-order valence-corrected chi connectivity index (χ4v) is 2.67. The summed E-state index contributed by atoms with van der Waals surface area (Å²) in [5, 5.41) is 0. The first-order valence-electron chi connectivity index (χ1n) is 7.12. The van der Waals surface area contributed by atoms with Crippen LogP contribution in [0.1, 0.15) is 25.7 Å². The van der Waals surface area contributed by atoms with Gasteiger partial charge in [0.05, 0.1) is 19.3 Å². The molecule has 2 heterocycles. The molecule has 1 amide bonds. The van der Waals surface area contributed by atoms with E-state index in [2.05, 4.69) is 4.90 Å². The van der Waals surface area contributed by atoms with E-state index in [-0.39, 0.29) is 11.9 Å². The summed E-state index contributed by atoms with van der Waals surface area (Å²) in [5.74, 6) is 0.148. The average molecular weight is 255 g/mol. The lowest BCUT2D eigenvalue weighted by molar-refractivity contribution is -0.132. The quantitative estimate of drug-likeness (QED) is 0.771. The molecule has 2 aliphatic heterocycles. The predicted octanol–water partition coefficient (Wildman–Crippen LogP) is 0.0485. The molecular formula is C13H25N3O2. The molecule has 5 heteroatoms. The first-order chi connectivity index (χ1) is 8.77. The van der Waals surface area contributed by atoms with E-state index in [1.165, 1.54) is 0 Å². The fraction of sp³-hybridized carbons (Fsp3) is 0.923. The standard InChI is InChI=1S/C13H25N3O2/c14-12-4-1-2-6-16(13(12)17)7-3-5-15-8-10-18-11-9-15/h12H,1-11,14H2/t12-/m1/s1. The SMILES string of the molecule is N[C@@H]1CCCCN(CCCN2CCOCC2)C1=O. The summed E-state index contributed by atoms with van der Waals surface area (Å²) in [7, 11) is 0. The highest BCUT2D eigenvalue weighted by Crippen LogP contribution is 2.11. The van der Waals surface area contributed by atoms with Gasteiger partial charge >= 0.3 is 0 Å². The smallest absolute Gasteiger partial charge is 0.239 e. The van der Waals surface area contributed by atoms with Crippen LogP contribution >= 0.6 is 0 Å². The van der Waals surface area contributed by atoms with Gasteiger partial charge in [-0.2, -0.15) is 0 Å². The highest BCUT2D eigenvalue weighted by atomic mass is 16.5. The normalized spacial score (nSPS) is 27.3. The number of morpholine rings is 1. The van der Waals surface area contributed by atoms with Crippen molar-refractivity contribution in [2.24, 2.45) is 5.73 Å². The zero-order valence-electron chi connectivity index (χ0n) is 11.1. The monoisotopic (exact) mass is 255 g/mol. The maximum Gasteiger partial charge on any atom is 0.239 e. The van der Waals surface area contributed by atoms with E-state index in [9.17, 15) is 4.79 Å². The second kappa shape index (κ2) is 7.07. The van der Waals surface area contributed by atoms with Crippen LogP contribution in [0.4, 0.5) is 0 Å². The zero-order chi connectivity index (χ0) is 12.8. The zero-order valence-corrected chi connectivity index (χ0v) is 11.1. The van der Waals surface area contributed by atoms with Crippen molar-refractivity contribution >= 4 is 5.91 Å². The Hall–Kier alpha value is -0.650. The highest BCUT2D eigenvalue weighted by molar-refractivity contribution is 5.81. The molecule has 0 bridgehead atoms. The van der Waals surface area contributed by atoms with Crippen molar-refractivity contribution in [3.05, 3.63) is 0 Å². The molecule has 0 aromatic heterocycles. The number of carbonyl (C=O) groups is 1. The molecule has 2 aliphatic rings. The van der Waals surface area contributed by atoms with Crippen molar-refractivity contribution in [1.29, 1.82) is 0 Å². The summed E-state index contributed by atoms with van der Waals surface area (Å²) in [6.07, 6.45) is 4.06. The van der Waals surface area contributed by atoms with Crippen molar-refractivity contribution in [3.8, 4) is 0 Å². The molecule has 0 spiro atoms. The Kier molecular flexibility index (Phi) is 5.41. The minimum atomic E-state index is -0.268. The molecule has 0 aromatic rings. The maximum absolute atomic E-state index is 12.0. The van der Waals surface area contributed by atoms with E-state index in [1.54, 1.807) is 0 Å². The van der Waals surface area contributed by atoms with Crippen molar-refractivity contribution in [2.45, 2.75) is 31.7 Å². The molecule has 0 unspecified atom stereocenters. The number of likely N-dealkylation sites (tertiary alicyclic amines) is 1. The summed E-state index contributed by atoms with van der Waals surface area (Å²) in [6, 6.07) is -0.268. The van der Waals surface area contributed by atoms with Gasteiger partial charge in [-0.3, -0.25) is 9.69 Å². The Morgan fingerprint density at radius 3 is 2.72 bits per heavy atom. The van der Waals surface area contributed by atoms with Gasteiger partial charge in [-0.25, -0.2) is 0 Å². The summed E-state index contributed by atoms with van der Waals surface area (Å²) in [5.41, 5.74) is 5.87. The molecule has 0 aromatic carbocycles. The number of hydrogen-bond acceptors (Lipinski definition) is 4. The first-order valence-corrected chi connectivity index (χ1v) is 7.12. The average Bonchev–Trinajstić information content (AvgIpc) is 2.55. The summed E-state index contributed by atoms with van der Waals surface area (Å²) >= 11 is 0. The van der Waals surface area contributed by atoms with Crippen molar-refractivity contribution < 1.29 is 9.53 Å². The number of ether oxygens (including phenoxy) is 1. The van der Waals surface area contributed by atoms with E-state index in [1.807, 2.05) is 4.90 Å². The third kappa shape index (κ3) is 3.93. The van der Waals surface area contributed by atoms with Crippen LogP contribution in [0.15, 0.2) is 0 Å². The molecule has 0 radical (unpaired) electrons. The van der Waals surface area contributed by atoms with Crippen LogP contribution in [-0.4, -0.2) is 67.7 Å². The predicted molar refractivity (Wildman–Crippen MR) is 70.3 cm³/mol. The van der Waals surface area contributed by atoms with Gasteiger partial charge in [0.15, 0.2) is 0 Å². The molecule has 5 nitrogen and oxygen atoms in total. The van der Waals surface area contributed by atoms with Crippen LogP contribution in [0.25, 0.3) is 0 Å². The second-order valence-electron chi connectivity index (χ2n) is 5.24. The number of amides is 1. The third-order valence-electron chi connectivity index (χ3n) is 3.83. The lowest BCUT2D eigenvalue weighted by Crippen LogP contribution is -2.44. The molecule has 1 atom stereocenters. The minimum absolute atomic E-state index is 0.148. The van der Waals surface area contributed by atoms with Crippen LogP contribution in [0.5, 0.6) is 0 Å². The molecule has 0 aliphatic carbocycles. The third-order valence-corrected chi connectivity index (χ3v) is 3.83. The van der Waals surface area contributed by atoms with Gasteiger partial charge in [0.1, 0.15) is 0 Å². The summed E-state index contributed by atoms with van der Waals surface area (Å²) < 4.78 is 5.32. The van der Waals surface area contributed by atoms with Crippen LogP contribution in [-0.2, 0) is 9.53 Å². The Labute approximate surface area is 109 Å². The van der Waals surface area contributed by atoms with Gasteiger partial charge in [0, 0.05) is 32.7 Å². The summed E-state index contributed by atoms with van der Waals surface area (Å²) in [6.45, 7) is 6.52. The van der Waals surface area contributed by atoms with E-state index in [0.717, 1.165) is 71.6 Å². The Morgan fingerprint density at radius 2 is 1.94 bits per heavy atom. The summed E-state index contributed by atoms with van der Waals surface area (Å²) in [4.78, 5) is 16.4. The van der Waals surface area contributed by atoms with Crippen LogP contribution in [0.2, 0.25) is 0 Å². The molecule has 2 N–H and O–H groups in total. The number of nitrogens with zero attached hydrogens (tertiary/aromatic N) is 2. The molecule has 2 saturated heterocycles. The van der Waals surface area contributed by atoms with E-state index in [0.29, 0.717) is 0 Å². The van der Waals surface area contributed by atoms with Crippen LogP contribution in [0.3, 0.4) is 0 Å². The first kappa shape index (κ1) is 13.8. The molecule has 2 rings (SSSR count). The second-order valence-corrected chi connectivity index (χ2v) is 5.24. The minimum Gasteiger partial charge on any atom is -0.379 e. The number of nitrogens with two attached hydrogens (primary N) is 1. The Morgan fingerprint density at radius 1 is 1.17 bits per heavy atom. The number of rotatable bonds is 4. The van der Waals surface area contributed by atoms with Gasteiger partial charge in [0.25, 0.3) is 0 Å². The van der Waals surface area contributed by atoms with Gasteiger partial charge < -0.3 is 15.4 Å². The number of hydrogen-bond donors (Lipinski definition) is 1. The number of carbonyl (C=O) groups excluding carboxylic acids is 1. The van der Waals surface area contributed by atoms with Crippen LogP contribution < -0.4 is 5.73 Å². The Bertz CT molecular complexity index is 267. The topological polar surface area (TPSA) is 58.8 Å². The largest absolute Gasteiger partial charge is 0.379 e. The van der Waals surface area contributed by atoms with E-state index >= 15 is 0 Å². The van der Waals surface area contributed by atoms with E-state index in [4.69, 9.17) is 10.5 Å².